The van der Waals surface area contributed by atoms with E-state index < -0.39 is 71.3 Å². The molecule has 1 amide bonds. The van der Waals surface area contributed by atoms with Gasteiger partial charge in [0.2, 0.25) is 5.91 Å². The van der Waals surface area contributed by atoms with E-state index in [-0.39, 0.29) is 13.0 Å². The Morgan fingerprint density at radius 2 is 1.53 bits per heavy atom. The van der Waals surface area contributed by atoms with Gasteiger partial charge in [0, 0.05) is 0 Å². The summed E-state index contributed by atoms with van der Waals surface area (Å²) in [5, 5.41) is 12.6. The minimum absolute atomic E-state index is 0.0429. The van der Waals surface area contributed by atoms with Crippen molar-refractivity contribution in [1.82, 2.24) is 10.0 Å². The highest BCUT2D eigenvalue weighted by Gasteiger charge is 2.61. The number of fused-ring (bicyclic) bond motifs is 1. The largest absolute Gasteiger partial charge is 0.468 e. The average Bonchev–Trinajstić information content (AvgIpc) is 3.26. The van der Waals surface area contributed by atoms with Crippen molar-refractivity contribution in [2.24, 2.45) is 5.92 Å². The third-order valence-corrected chi connectivity index (χ3v) is 6.38. The molecule has 0 aliphatic carbocycles. The second kappa shape index (κ2) is 12.0. The summed E-state index contributed by atoms with van der Waals surface area (Å²) in [6, 6.07) is 6.21. The maximum absolute atomic E-state index is 13.4. The number of carbonyl (C=O) groups is 5. The van der Waals surface area contributed by atoms with Gasteiger partial charge in [-0.25, -0.2) is 19.4 Å². The zero-order valence-corrected chi connectivity index (χ0v) is 21.6. The molecule has 3 rings (SSSR count). The van der Waals surface area contributed by atoms with Crippen molar-refractivity contribution in [2.75, 3.05) is 28.4 Å². The van der Waals surface area contributed by atoms with Crippen LogP contribution in [0.1, 0.15) is 18.9 Å². The Kier molecular flexibility index (Phi) is 9.07. The van der Waals surface area contributed by atoms with Crippen LogP contribution in [-0.2, 0) is 54.3 Å². The molecule has 2 aliphatic heterocycles. The molecule has 1 fully saturated rings. The van der Waals surface area contributed by atoms with Crippen molar-refractivity contribution in [1.29, 1.82) is 0 Å². The highest BCUT2D eigenvalue weighted by molar-refractivity contribution is 6.07. The second-order valence-electron chi connectivity index (χ2n) is 8.57. The van der Waals surface area contributed by atoms with Gasteiger partial charge in [0.15, 0.2) is 11.7 Å². The number of nitrogens with zero attached hydrogens (tertiary/aromatic N) is 2. The van der Waals surface area contributed by atoms with Crippen LogP contribution >= 0.6 is 0 Å². The molecular formula is C25H30N2O11. The molecule has 206 valence electrons. The number of hydrogen-bond acceptors (Lipinski definition) is 12. The van der Waals surface area contributed by atoms with E-state index in [0.29, 0.717) is 0 Å². The van der Waals surface area contributed by atoms with Gasteiger partial charge in [0.1, 0.15) is 12.0 Å². The van der Waals surface area contributed by atoms with Crippen LogP contribution in [0, 0.1) is 5.92 Å². The summed E-state index contributed by atoms with van der Waals surface area (Å²) < 4.78 is 25.4. The van der Waals surface area contributed by atoms with Crippen LogP contribution in [0.2, 0.25) is 0 Å². The smallest absolute Gasteiger partial charge is 0.356 e. The molecule has 0 saturated carbocycles. The number of ether oxygens (including phenoxy) is 5. The minimum Gasteiger partial charge on any atom is -0.468 e. The van der Waals surface area contributed by atoms with Crippen molar-refractivity contribution >= 4 is 29.8 Å². The van der Waals surface area contributed by atoms with Gasteiger partial charge in [-0.1, -0.05) is 30.3 Å². The van der Waals surface area contributed by atoms with Crippen LogP contribution in [0.4, 0.5) is 0 Å². The molecule has 0 aromatic heterocycles. The topological polar surface area (TPSA) is 158 Å². The van der Waals surface area contributed by atoms with Gasteiger partial charge in [0.25, 0.3) is 0 Å². The van der Waals surface area contributed by atoms with Gasteiger partial charge in [0.05, 0.1) is 59.2 Å². The van der Waals surface area contributed by atoms with Crippen LogP contribution in [0.5, 0.6) is 0 Å². The maximum atomic E-state index is 13.4. The number of methoxy groups -OCH3 is 4. The third kappa shape index (κ3) is 5.20. The lowest BCUT2D eigenvalue weighted by Crippen LogP contribution is -2.63. The zero-order valence-electron chi connectivity index (χ0n) is 21.6. The summed E-state index contributed by atoms with van der Waals surface area (Å²) in [6.45, 7) is 1.48. The number of amides is 1. The number of rotatable bonds is 9. The molecule has 1 aromatic carbocycles. The Morgan fingerprint density at radius 3 is 2.05 bits per heavy atom. The van der Waals surface area contributed by atoms with E-state index in [2.05, 4.69) is 0 Å². The highest BCUT2D eigenvalue weighted by Crippen LogP contribution is 2.42. The van der Waals surface area contributed by atoms with E-state index in [9.17, 15) is 29.1 Å². The fourth-order valence-corrected chi connectivity index (χ4v) is 4.73. The Labute approximate surface area is 218 Å². The van der Waals surface area contributed by atoms with Crippen LogP contribution in [0.15, 0.2) is 41.6 Å². The van der Waals surface area contributed by atoms with Crippen molar-refractivity contribution in [3.63, 3.8) is 0 Å². The molecule has 1 N–H and O–H groups in total. The summed E-state index contributed by atoms with van der Waals surface area (Å²) in [5.41, 5.74) is -0.320. The van der Waals surface area contributed by atoms with E-state index in [4.69, 9.17) is 23.7 Å². The van der Waals surface area contributed by atoms with E-state index >= 15 is 0 Å². The summed E-state index contributed by atoms with van der Waals surface area (Å²) in [4.78, 5) is 65.5. The quantitative estimate of drug-likeness (QED) is 0.327. The fraction of sp³-hybridized carbons (Fsp3) is 0.480. The lowest BCUT2D eigenvalue weighted by atomic mass is 9.86. The second-order valence-corrected chi connectivity index (χ2v) is 8.57. The summed E-state index contributed by atoms with van der Waals surface area (Å²) >= 11 is 0. The molecule has 0 spiro atoms. The predicted octanol–water partition coefficient (Wildman–Crippen LogP) is -0.285. The van der Waals surface area contributed by atoms with Gasteiger partial charge in [-0.15, -0.1) is 0 Å². The van der Waals surface area contributed by atoms with Gasteiger partial charge in [-0.05, 0) is 12.5 Å². The molecular weight excluding hydrogens is 504 g/mol. The first-order valence-electron chi connectivity index (χ1n) is 11.6. The maximum Gasteiger partial charge on any atom is 0.356 e. The molecule has 2 heterocycles. The first kappa shape index (κ1) is 28.6. The fourth-order valence-electron chi connectivity index (χ4n) is 4.73. The van der Waals surface area contributed by atoms with E-state index in [0.717, 1.165) is 44.0 Å². The number of benzene rings is 1. The van der Waals surface area contributed by atoms with Crippen molar-refractivity contribution in [3.05, 3.63) is 47.2 Å². The first-order valence-corrected chi connectivity index (χ1v) is 11.6. The molecule has 1 saturated heterocycles. The number of hydrazine groups is 1. The van der Waals surface area contributed by atoms with Crippen molar-refractivity contribution in [2.45, 2.75) is 44.2 Å². The number of aliphatic hydroxyl groups excluding tert-OH is 1. The lowest BCUT2D eigenvalue weighted by Gasteiger charge is -2.46. The number of aliphatic hydroxyl groups is 1. The highest BCUT2D eigenvalue weighted by atomic mass is 16.5. The zero-order chi connectivity index (χ0) is 28.1. The Bertz CT molecular complexity index is 1120. The molecule has 5 atom stereocenters. The van der Waals surface area contributed by atoms with E-state index in [1.165, 1.54) is 6.92 Å². The first-order chi connectivity index (χ1) is 18.1. The van der Waals surface area contributed by atoms with E-state index in [1.54, 1.807) is 24.3 Å². The van der Waals surface area contributed by atoms with Gasteiger partial charge in [-0.2, -0.15) is 0 Å². The molecule has 0 radical (unpaired) electrons. The third-order valence-electron chi connectivity index (χ3n) is 6.38. The number of carbonyl (C=O) groups excluding carboxylic acids is 5. The van der Waals surface area contributed by atoms with Crippen LogP contribution < -0.4 is 0 Å². The molecule has 1 aromatic rings. The Balaban J connectivity index is 2.24. The number of hydrogen-bond donors (Lipinski definition) is 1. The summed E-state index contributed by atoms with van der Waals surface area (Å²) in [5.74, 6) is -6.85. The lowest BCUT2D eigenvalue weighted by molar-refractivity contribution is -0.180. The molecule has 13 nitrogen and oxygen atoms in total. The van der Waals surface area contributed by atoms with Gasteiger partial charge >= 0.3 is 23.9 Å². The predicted molar refractivity (Wildman–Crippen MR) is 126 cm³/mol. The van der Waals surface area contributed by atoms with Crippen molar-refractivity contribution in [3.8, 4) is 0 Å². The molecule has 2 aliphatic rings. The molecule has 0 bridgehead atoms. The average molecular weight is 535 g/mol. The van der Waals surface area contributed by atoms with Crippen LogP contribution in [-0.4, -0.2) is 97.6 Å². The normalized spacial score (nSPS) is 22.4. The van der Waals surface area contributed by atoms with Gasteiger partial charge < -0.3 is 28.8 Å². The Hall–Kier alpha value is -3.97. The van der Waals surface area contributed by atoms with Crippen LogP contribution in [0.25, 0.3) is 0 Å². The van der Waals surface area contributed by atoms with Crippen LogP contribution in [0.3, 0.4) is 0 Å². The summed E-state index contributed by atoms with van der Waals surface area (Å²) in [6.07, 6.45) is -2.62. The SMILES string of the molecule is COC(=O)C1=C(C(=O)OC)N2[C@@H]([C@@H](OCc3ccccc3)[C@H](C)O)CC(=O)N2[C@H](C(=O)OC)[C@@H]1C(=O)OC. The van der Waals surface area contributed by atoms with Crippen molar-refractivity contribution < 1.29 is 52.8 Å². The minimum atomic E-state index is -1.77. The number of esters is 4. The molecule has 0 unspecified atom stereocenters. The van der Waals surface area contributed by atoms with Gasteiger partial charge in [-0.3, -0.25) is 14.6 Å². The Morgan fingerprint density at radius 1 is 0.921 bits per heavy atom. The standard InChI is InChI=1S/C25H30N2O11/c1-13(28)21(38-12-14-9-7-6-8-10-14)15-11-16(29)27-20(25(33)37-5)18(23(31)35-3)17(22(30)34-2)19(26(15)27)24(32)36-4/h6-10,13,15,18,20-21,28H,11-12H2,1-5H3/t13-,15+,18+,20-,21-/m0/s1. The summed E-state index contributed by atoms with van der Waals surface area (Å²) in [7, 11) is 4.12. The monoisotopic (exact) mass is 534 g/mol. The molecule has 38 heavy (non-hydrogen) atoms. The van der Waals surface area contributed by atoms with E-state index in [1.807, 2.05) is 6.07 Å². The molecule has 13 heteroatoms.